The van der Waals surface area contributed by atoms with Gasteiger partial charge >= 0.3 is 33.6 Å². The first-order valence-electron chi connectivity index (χ1n) is 43.5. The minimum Gasteiger partial charge on any atom is -0.463 e. The van der Waals surface area contributed by atoms with Gasteiger partial charge in [0.05, 0.1) is 26.4 Å². The number of allylic oxidation sites excluding steroid dienone is 22. The summed E-state index contributed by atoms with van der Waals surface area (Å²) in [7, 11) is -9.81. The van der Waals surface area contributed by atoms with Crippen LogP contribution in [-0.2, 0) is 55.8 Å². The van der Waals surface area contributed by atoms with E-state index >= 15 is 0 Å². The predicted molar refractivity (Wildman–Crippen MR) is 454 cm³/mol. The van der Waals surface area contributed by atoms with Crippen molar-refractivity contribution in [1.29, 1.82) is 0 Å². The lowest BCUT2D eigenvalue weighted by Crippen LogP contribution is -2.30. The fourth-order valence-corrected chi connectivity index (χ4v) is 13.3. The monoisotopic (exact) mass is 1570 g/mol. The van der Waals surface area contributed by atoms with Crippen molar-refractivity contribution in [3.8, 4) is 0 Å². The summed E-state index contributed by atoms with van der Waals surface area (Å²) in [4.78, 5) is 58.8. The molecule has 18 heteroatoms. The second-order valence-corrected chi connectivity index (χ2v) is 31.9. The molecule has 0 bridgehead atoms. The summed E-state index contributed by atoms with van der Waals surface area (Å²) in [5, 5.41) is 20.7. The van der Waals surface area contributed by atoms with Crippen molar-refractivity contribution in [3.05, 3.63) is 134 Å². The highest BCUT2D eigenvalue weighted by Gasteiger charge is 2.29. The molecular weight excluding hydrogens is 1410 g/mol. The zero-order chi connectivity index (χ0) is 79.4. The lowest BCUT2D eigenvalue weighted by molar-refractivity contribution is -0.161. The summed E-state index contributed by atoms with van der Waals surface area (Å²) in [5.41, 5.74) is 0. The first-order valence-corrected chi connectivity index (χ1v) is 46.5. The molecule has 0 aromatic rings. The quantitative estimate of drug-likeness (QED) is 0.0146. The van der Waals surface area contributed by atoms with Crippen LogP contribution in [0.15, 0.2) is 134 Å². The summed E-state index contributed by atoms with van der Waals surface area (Å²) in [6, 6.07) is 0. The number of rotatable bonds is 82. The molecule has 16 nitrogen and oxygen atoms in total. The second-order valence-electron chi connectivity index (χ2n) is 29.0. The van der Waals surface area contributed by atoms with Gasteiger partial charge in [0.15, 0.2) is 6.10 Å². The molecule has 0 rings (SSSR count). The predicted octanol–water partition coefficient (Wildman–Crippen LogP) is 26.2. The molecule has 0 fully saturated rings. The number of phosphoric acid groups is 2. The van der Waals surface area contributed by atoms with Gasteiger partial charge in [0.1, 0.15) is 25.4 Å². The highest BCUT2D eigenvalue weighted by atomic mass is 31.2. The number of aliphatic hydroxyl groups is 2. The maximum absolute atomic E-state index is 13.0. The molecule has 0 spiro atoms. The van der Waals surface area contributed by atoms with E-state index in [2.05, 4.69) is 154 Å². The van der Waals surface area contributed by atoms with Gasteiger partial charge in [0.2, 0.25) is 0 Å². The van der Waals surface area contributed by atoms with E-state index in [1.54, 1.807) is 0 Å². The van der Waals surface area contributed by atoms with Crippen LogP contribution in [0.1, 0.15) is 367 Å². The summed E-state index contributed by atoms with van der Waals surface area (Å²) in [6.07, 6.45) is 102. The molecular formula is C91H158O16P2. The van der Waals surface area contributed by atoms with Gasteiger partial charge in [0, 0.05) is 19.3 Å². The topological polar surface area (TPSA) is 231 Å². The molecule has 628 valence electrons. The molecule has 0 aromatic heterocycles. The largest absolute Gasteiger partial charge is 0.472 e. The molecule has 4 N–H and O–H groups in total. The first kappa shape index (κ1) is 105. The smallest absolute Gasteiger partial charge is 0.463 e. The van der Waals surface area contributed by atoms with Crippen molar-refractivity contribution in [2.24, 2.45) is 0 Å². The Balaban J connectivity index is 4.46. The summed E-state index contributed by atoms with van der Waals surface area (Å²) in [6.45, 7) is 2.52. The van der Waals surface area contributed by atoms with Gasteiger partial charge in [-0.3, -0.25) is 32.5 Å². The molecule has 0 amide bonds. The Morgan fingerprint density at radius 2 is 0.486 bits per heavy atom. The SMILES string of the molecule is CC/C=C\C/C=C\C/C=C\C/C=C\CCCCCCCCC(=O)OCC(COP(=O)(O)OCC(O)COP(=O)(O)OCC(O)COC(=O)CCCCCCCCCCCCCCCCCCCCC/C=C\C/C=C\C/C=C\C/C=C\CCCCC)OC(=O)CCCCCCCC/C=C\C/C=C\C/C=C\CCCCC. The van der Waals surface area contributed by atoms with Crippen LogP contribution in [0, 0.1) is 0 Å². The number of unbranched alkanes of at least 4 members (excludes halogenated alkanes) is 37. The number of hydrogen-bond acceptors (Lipinski definition) is 14. The van der Waals surface area contributed by atoms with Gasteiger partial charge in [-0.1, -0.05) is 341 Å². The van der Waals surface area contributed by atoms with Gasteiger partial charge in [-0.2, -0.15) is 0 Å². The van der Waals surface area contributed by atoms with Crippen molar-refractivity contribution in [2.75, 3.05) is 39.6 Å². The van der Waals surface area contributed by atoms with Crippen molar-refractivity contribution in [2.45, 2.75) is 386 Å². The molecule has 0 aliphatic carbocycles. The first-order chi connectivity index (χ1) is 53.2. The van der Waals surface area contributed by atoms with E-state index in [-0.39, 0.29) is 19.3 Å². The van der Waals surface area contributed by atoms with Gasteiger partial charge in [0.25, 0.3) is 0 Å². The Hall–Kier alpha value is -4.31. The minimum atomic E-state index is -4.94. The molecule has 0 radical (unpaired) electrons. The molecule has 5 unspecified atom stereocenters. The van der Waals surface area contributed by atoms with Crippen molar-refractivity contribution < 1.29 is 75.8 Å². The fourth-order valence-electron chi connectivity index (χ4n) is 11.7. The summed E-state index contributed by atoms with van der Waals surface area (Å²) in [5.74, 6) is -1.60. The Labute approximate surface area is 665 Å². The zero-order valence-corrected chi connectivity index (χ0v) is 70.7. The van der Waals surface area contributed by atoms with E-state index in [9.17, 15) is 43.5 Å². The molecule has 0 saturated carbocycles. The van der Waals surface area contributed by atoms with E-state index in [1.807, 2.05) is 0 Å². The number of carbonyl (C=O) groups excluding carboxylic acids is 3. The maximum atomic E-state index is 13.0. The van der Waals surface area contributed by atoms with Gasteiger partial charge < -0.3 is 34.2 Å². The third kappa shape index (κ3) is 84.4. The average Bonchev–Trinajstić information content (AvgIpc) is 0.903. The van der Waals surface area contributed by atoms with Gasteiger partial charge in [-0.25, -0.2) is 9.13 Å². The van der Waals surface area contributed by atoms with Crippen LogP contribution in [0.25, 0.3) is 0 Å². The number of esters is 3. The zero-order valence-electron chi connectivity index (χ0n) is 68.9. The lowest BCUT2D eigenvalue weighted by Gasteiger charge is -2.21. The van der Waals surface area contributed by atoms with E-state index < -0.39 is 91.5 Å². The molecule has 5 atom stereocenters. The van der Waals surface area contributed by atoms with E-state index in [4.69, 9.17) is 32.3 Å². The normalized spacial score (nSPS) is 14.5. The van der Waals surface area contributed by atoms with E-state index in [0.717, 1.165) is 161 Å². The Morgan fingerprint density at radius 1 is 0.266 bits per heavy atom. The molecule has 0 saturated heterocycles. The van der Waals surface area contributed by atoms with Crippen LogP contribution in [-0.4, -0.2) is 95.9 Å². The van der Waals surface area contributed by atoms with E-state index in [1.165, 1.54) is 148 Å². The average molecular weight is 1570 g/mol. The maximum Gasteiger partial charge on any atom is 0.472 e. The highest BCUT2D eigenvalue weighted by molar-refractivity contribution is 7.47. The molecule has 0 aliphatic rings. The van der Waals surface area contributed by atoms with Crippen LogP contribution >= 0.6 is 15.6 Å². The van der Waals surface area contributed by atoms with Crippen LogP contribution in [0.4, 0.5) is 0 Å². The van der Waals surface area contributed by atoms with Gasteiger partial charge in [-0.15, -0.1) is 0 Å². The summed E-state index contributed by atoms with van der Waals surface area (Å²) < 4.78 is 61.3. The third-order valence-electron chi connectivity index (χ3n) is 18.3. The number of aliphatic hydroxyl groups excluding tert-OH is 2. The van der Waals surface area contributed by atoms with Crippen LogP contribution in [0.2, 0.25) is 0 Å². The minimum absolute atomic E-state index is 0.0843. The third-order valence-corrected chi connectivity index (χ3v) is 20.2. The van der Waals surface area contributed by atoms with E-state index in [0.29, 0.717) is 19.3 Å². The molecule has 109 heavy (non-hydrogen) atoms. The number of phosphoric ester groups is 2. The number of ether oxygens (including phenoxy) is 3. The number of hydrogen-bond donors (Lipinski definition) is 4. The van der Waals surface area contributed by atoms with Crippen LogP contribution in [0.5, 0.6) is 0 Å². The fraction of sp³-hybridized carbons (Fsp3) is 0.725. The summed E-state index contributed by atoms with van der Waals surface area (Å²) >= 11 is 0. The van der Waals surface area contributed by atoms with Crippen molar-refractivity contribution >= 4 is 33.6 Å². The molecule has 0 aliphatic heterocycles. The number of carbonyl (C=O) groups is 3. The Kier molecular flexibility index (Phi) is 79.8. The van der Waals surface area contributed by atoms with Crippen molar-refractivity contribution in [3.63, 3.8) is 0 Å². The van der Waals surface area contributed by atoms with Gasteiger partial charge in [-0.05, 0) is 141 Å². The van der Waals surface area contributed by atoms with Crippen molar-refractivity contribution in [1.82, 2.24) is 0 Å². The standard InChI is InChI=1S/C91H158O16P2/c1-4-7-10-13-16-19-22-25-28-31-34-35-36-37-38-39-40-41-42-43-44-45-46-47-48-49-52-54-56-59-62-65-68-71-74-77-89(94)101-80-86(92)81-103-108(97,98)104-82-87(93)83-105-109(99,100)106-85-88(107-91(96)79-76-73-70-67-64-61-58-55-51-33-30-27-24-21-18-15-12-9-6-3)84-102-90(95)78-75-72-69-66-63-60-57-53-50-32-29-26-23-20-17-14-11-8-5-2/h8,11,16-21,25-30,34-35,37-38,50-51,53,55,86-88,92-93H,4-7,9-10,12-15,22-24,31-33,36,39-49,52,54,56-85H2,1-3H3,(H,97,98)(H,99,100)/b11-8-,19-16-,20-17-,21-18-,28-25-,29-26-,30-27-,35-34-,38-37-,53-50-,55-51-. The molecule has 0 aromatic carbocycles. The van der Waals surface area contributed by atoms with Crippen LogP contribution < -0.4 is 0 Å². The highest BCUT2D eigenvalue weighted by Crippen LogP contribution is 2.45. The lowest BCUT2D eigenvalue weighted by atomic mass is 10.0. The molecule has 0 heterocycles. The Bertz CT molecular complexity index is 2510. The second kappa shape index (κ2) is 83.1. The van der Waals surface area contributed by atoms with Crippen LogP contribution in [0.3, 0.4) is 0 Å². The Morgan fingerprint density at radius 3 is 0.771 bits per heavy atom.